The smallest absolute Gasteiger partial charge is 0.325 e. The highest BCUT2D eigenvalue weighted by molar-refractivity contribution is 5.90. The van der Waals surface area contributed by atoms with E-state index >= 15 is 0 Å². The van der Waals surface area contributed by atoms with Gasteiger partial charge in [0.1, 0.15) is 18.4 Å². The molecule has 0 radical (unpaired) electrons. The van der Waals surface area contributed by atoms with Crippen LogP contribution in [0.1, 0.15) is 57.2 Å². The molecule has 0 unspecified atom stereocenters. The topological polar surface area (TPSA) is 65.6 Å². The Bertz CT molecular complexity index is 1140. The lowest BCUT2D eigenvalue weighted by Crippen LogP contribution is -2.39. The first-order chi connectivity index (χ1) is 15.2. The highest BCUT2D eigenvalue weighted by Gasteiger charge is 2.52. The minimum Gasteiger partial charge on any atom is -0.489 e. The van der Waals surface area contributed by atoms with E-state index in [0.29, 0.717) is 12.6 Å². The fourth-order valence-corrected chi connectivity index (χ4v) is 6.44. The molecule has 3 atom stereocenters. The number of hydrogen-bond donors (Lipinski definition) is 2. The fourth-order valence-electron chi connectivity index (χ4n) is 6.44. The predicted octanol–water partition coefficient (Wildman–Crippen LogP) is 5.77. The molecule has 0 amide bonds. The van der Waals surface area contributed by atoms with Crippen molar-refractivity contribution in [1.82, 2.24) is 9.88 Å². The quantitative estimate of drug-likeness (QED) is 0.519. The van der Waals surface area contributed by atoms with Gasteiger partial charge in [-0.3, -0.25) is 9.69 Å². The van der Waals surface area contributed by atoms with E-state index < -0.39 is 12.0 Å². The zero-order valence-electron chi connectivity index (χ0n) is 19.1. The summed E-state index contributed by atoms with van der Waals surface area (Å²) in [5.74, 6) is -0.00261. The number of fused-ring (bicyclic) bond motifs is 3. The summed E-state index contributed by atoms with van der Waals surface area (Å²) < 4.78 is 5.96. The fraction of sp³-hybridized carbons (Fsp3) is 0.444. The van der Waals surface area contributed by atoms with Gasteiger partial charge in [-0.25, -0.2) is 0 Å². The van der Waals surface area contributed by atoms with E-state index in [1.807, 2.05) is 54.7 Å². The highest BCUT2D eigenvalue weighted by atomic mass is 16.5. The lowest BCUT2D eigenvalue weighted by Gasteiger charge is -2.40. The van der Waals surface area contributed by atoms with Crippen LogP contribution in [0.4, 0.5) is 0 Å². The number of ether oxygens (including phenoxy) is 1. The Labute approximate surface area is 189 Å². The van der Waals surface area contributed by atoms with Crippen LogP contribution in [0.25, 0.3) is 10.9 Å². The minimum atomic E-state index is -0.774. The number of aromatic amines is 1. The van der Waals surface area contributed by atoms with Gasteiger partial charge in [0, 0.05) is 41.3 Å². The maximum absolute atomic E-state index is 12.5. The number of carboxylic acids is 1. The van der Waals surface area contributed by atoms with Crippen molar-refractivity contribution in [3.8, 4) is 5.75 Å². The molecule has 5 rings (SSSR count). The third kappa shape index (κ3) is 3.90. The third-order valence-electron chi connectivity index (χ3n) is 7.25. The number of likely N-dealkylation sites (tertiary alicyclic amines) is 1. The van der Waals surface area contributed by atoms with Gasteiger partial charge in [0.15, 0.2) is 0 Å². The molecule has 1 aliphatic carbocycles. The lowest BCUT2D eigenvalue weighted by atomic mass is 9.65. The number of H-pyrrole nitrogens is 1. The number of rotatable bonds is 6. The minimum absolute atomic E-state index is 0.185. The van der Waals surface area contributed by atoms with Crippen LogP contribution in [0.3, 0.4) is 0 Å². The second kappa shape index (κ2) is 7.66. The van der Waals surface area contributed by atoms with Crippen molar-refractivity contribution in [3.05, 3.63) is 65.9 Å². The molecule has 1 saturated heterocycles. The molecule has 3 aromatic rings. The molecule has 5 nitrogen and oxygen atoms in total. The molecule has 0 spiro atoms. The number of nitrogens with one attached hydrogen (secondary N) is 1. The number of carbonyl (C=O) groups is 1. The molecule has 32 heavy (non-hydrogen) atoms. The Morgan fingerprint density at radius 3 is 2.72 bits per heavy atom. The van der Waals surface area contributed by atoms with Gasteiger partial charge in [-0.05, 0) is 47.8 Å². The molecule has 1 aliphatic heterocycles. The molecule has 2 bridgehead atoms. The summed E-state index contributed by atoms with van der Waals surface area (Å²) >= 11 is 0. The SMILES string of the molecule is CC1(C)C[C@@H]2C[C@@](C)(CN2[C@H](C(=O)O)c2c[nH]c3cc(OCc4ccccc4)ccc23)C1. The number of aliphatic carboxylic acids is 1. The van der Waals surface area contributed by atoms with Gasteiger partial charge in [0.25, 0.3) is 0 Å². The van der Waals surface area contributed by atoms with Gasteiger partial charge >= 0.3 is 5.97 Å². The van der Waals surface area contributed by atoms with Crippen molar-refractivity contribution < 1.29 is 14.6 Å². The largest absolute Gasteiger partial charge is 0.489 e. The molecular weight excluding hydrogens is 400 g/mol. The van der Waals surface area contributed by atoms with Crippen molar-refractivity contribution in [3.63, 3.8) is 0 Å². The van der Waals surface area contributed by atoms with Crippen molar-refractivity contribution in [1.29, 1.82) is 0 Å². The van der Waals surface area contributed by atoms with Crippen LogP contribution in [0.2, 0.25) is 0 Å². The standard InChI is InChI=1S/C27H32N2O3/c1-26(2)12-19-13-27(3,16-26)17-29(19)24(25(30)31)22-14-28-23-11-20(9-10-21(22)23)32-15-18-7-5-4-6-8-18/h4-11,14,19,24,28H,12-13,15-17H2,1-3H3,(H,30,31)/t19-,24+,27-/m1/s1. The van der Waals surface area contributed by atoms with Crippen LogP contribution in [-0.4, -0.2) is 33.5 Å². The Balaban J connectivity index is 1.42. The lowest BCUT2D eigenvalue weighted by molar-refractivity contribution is -0.144. The summed E-state index contributed by atoms with van der Waals surface area (Å²) in [7, 11) is 0. The molecule has 168 valence electrons. The van der Waals surface area contributed by atoms with Crippen LogP contribution in [0, 0.1) is 10.8 Å². The first-order valence-electron chi connectivity index (χ1n) is 11.5. The maximum atomic E-state index is 12.5. The Hall–Kier alpha value is -2.79. The average Bonchev–Trinajstić information content (AvgIpc) is 3.24. The van der Waals surface area contributed by atoms with E-state index in [1.165, 1.54) is 0 Å². The van der Waals surface area contributed by atoms with Gasteiger partial charge < -0.3 is 14.8 Å². The van der Waals surface area contributed by atoms with Gasteiger partial charge in [-0.2, -0.15) is 0 Å². The number of nitrogens with zero attached hydrogens (tertiary/aromatic N) is 1. The van der Waals surface area contributed by atoms with Crippen LogP contribution in [-0.2, 0) is 11.4 Å². The molecule has 2 N–H and O–H groups in total. The molecule has 2 heterocycles. The Kier molecular flexibility index (Phi) is 5.05. The van der Waals surface area contributed by atoms with E-state index in [1.54, 1.807) is 0 Å². The van der Waals surface area contributed by atoms with Crippen LogP contribution in [0.5, 0.6) is 5.75 Å². The highest BCUT2D eigenvalue weighted by Crippen LogP contribution is 2.54. The van der Waals surface area contributed by atoms with Gasteiger partial charge in [-0.15, -0.1) is 0 Å². The van der Waals surface area contributed by atoms with Crippen LogP contribution in [0.15, 0.2) is 54.7 Å². The third-order valence-corrected chi connectivity index (χ3v) is 7.25. The van der Waals surface area contributed by atoms with E-state index in [9.17, 15) is 9.90 Å². The van der Waals surface area contributed by atoms with E-state index in [0.717, 1.165) is 53.6 Å². The summed E-state index contributed by atoms with van der Waals surface area (Å²) in [6.45, 7) is 8.30. The van der Waals surface area contributed by atoms with Crippen molar-refractivity contribution >= 4 is 16.9 Å². The summed E-state index contributed by atoms with van der Waals surface area (Å²) in [6.07, 6.45) is 5.15. The number of hydrogen-bond acceptors (Lipinski definition) is 3. The molecule has 2 fully saturated rings. The van der Waals surface area contributed by atoms with E-state index in [-0.39, 0.29) is 10.8 Å². The zero-order valence-corrected chi connectivity index (χ0v) is 19.1. The summed E-state index contributed by atoms with van der Waals surface area (Å²) in [5, 5.41) is 11.2. The van der Waals surface area contributed by atoms with Crippen molar-refractivity contribution in [2.45, 2.75) is 58.7 Å². The first-order valence-corrected chi connectivity index (χ1v) is 11.5. The molecule has 2 aromatic carbocycles. The van der Waals surface area contributed by atoms with Gasteiger partial charge in [-0.1, -0.05) is 51.1 Å². The second-order valence-electron chi connectivity index (χ2n) is 10.9. The van der Waals surface area contributed by atoms with Crippen LogP contribution < -0.4 is 4.74 Å². The van der Waals surface area contributed by atoms with Crippen molar-refractivity contribution in [2.24, 2.45) is 10.8 Å². The van der Waals surface area contributed by atoms with Gasteiger partial charge in [0.2, 0.25) is 0 Å². The number of aromatic nitrogens is 1. The van der Waals surface area contributed by atoms with Gasteiger partial charge in [0.05, 0.1) is 0 Å². The van der Waals surface area contributed by atoms with Crippen LogP contribution >= 0.6 is 0 Å². The molecule has 2 aliphatic rings. The molecule has 1 aromatic heterocycles. The summed E-state index contributed by atoms with van der Waals surface area (Å²) in [5.41, 5.74) is 3.30. The van der Waals surface area contributed by atoms with Crippen molar-refractivity contribution in [2.75, 3.05) is 6.54 Å². The normalized spacial score (nSPS) is 25.7. The molecule has 1 saturated carbocycles. The van der Waals surface area contributed by atoms with E-state index in [2.05, 4.69) is 30.7 Å². The maximum Gasteiger partial charge on any atom is 0.325 e. The molecule has 5 heteroatoms. The first kappa shape index (κ1) is 21.1. The molecular formula is C27H32N2O3. The number of carboxylic acid groups (broad SMARTS) is 1. The second-order valence-corrected chi connectivity index (χ2v) is 10.9. The van der Waals surface area contributed by atoms with E-state index in [4.69, 9.17) is 4.74 Å². The summed E-state index contributed by atoms with van der Waals surface area (Å²) in [4.78, 5) is 18.1. The summed E-state index contributed by atoms with van der Waals surface area (Å²) in [6, 6.07) is 15.6. The zero-order chi connectivity index (χ0) is 22.5. The Morgan fingerprint density at radius 1 is 1.19 bits per heavy atom. The average molecular weight is 433 g/mol. The Morgan fingerprint density at radius 2 is 1.97 bits per heavy atom. The predicted molar refractivity (Wildman–Crippen MR) is 126 cm³/mol. The number of benzene rings is 2. The monoisotopic (exact) mass is 432 g/mol.